The van der Waals surface area contributed by atoms with Gasteiger partial charge in [-0.3, -0.25) is 4.79 Å². The van der Waals surface area contributed by atoms with Crippen LogP contribution in [0.25, 0.3) is 0 Å². The van der Waals surface area contributed by atoms with Crippen LogP contribution in [0.15, 0.2) is 0 Å². The fourth-order valence-corrected chi connectivity index (χ4v) is 1.94. The molecule has 1 atom stereocenters. The lowest BCUT2D eigenvalue weighted by atomic mass is 10.3. The lowest BCUT2D eigenvalue weighted by Gasteiger charge is -2.06. The Kier molecular flexibility index (Phi) is 8.83. The lowest BCUT2D eigenvalue weighted by molar-refractivity contribution is -0.122. The quantitative estimate of drug-likeness (QED) is 0.886. The predicted octanol–water partition coefficient (Wildman–Crippen LogP) is 1.57. The number of nitrogens with two attached hydrogens (primary N) is 1. The van der Waals surface area contributed by atoms with Crippen molar-refractivity contribution in [2.75, 3.05) is 0 Å². The van der Waals surface area contributed by atoms with Crippen LogP contribution in [0.3, 0.4) is 0 Å². The third kappa shape index (κ3) is 5.12. The number of carbonyl (C=O) groups is 1. The van der Waals surface area contributed by atoms with Crippen LogP contribution >= 0.6 is 36.2 Å². The van der Waals surface area contributed by atoms with E-state index < -0.39 is 6.04 Å². The van der Waals surface area contributed by atoms with Crippen LogP contribution in [-0.2, 0) is 11.3 Å². The number of nitrogens with zero attached hydrogens (tertiary/aromatic N) is 1. The monoisotopic (exact) mass is 285 g/mol. The van der Waals surface area contributed by atoms with E-state index in [2.05, 4.69) is 10.3 Å². The molecule has 0 fully saturated rings. The van der Waals surface area contributed by atoms with Crippen molar-refractivity contribution in [3.05, 3.63) is 15.6 Å². The summed E-state index contributed by atoms with van der Waals surface area (Å²) in [4.78, 5) is 16.5. The number of carbonyl (C=O) groups excluding carboxylic acids is 1. The van der Waals surface area contributed by atoms with Crippen LogP contribution in [0.2, 0.25) is 0 Å². The summed E-state index contributed by atoms with van der Waals surface area (Å²) >= 11 is 1.60. The van der Waals surface area contributed by atoms with Gasteiger partial charge in [0.2, 0.25) is 5.91 Å². The highest BCUT2D eigenvalue weighted by Gasteiger charge is 2.09. The van der Waals surface area contributed by atoms with Gasteiger partial charge in [0.15, 0.2) is 0 Å². The fourth-order valence-electron chi connectivity index (χ4n) is 1.07. The van der Waals surface area contributed by atoms with Crippen molar-refractivity contribution >= 4 is 42.1 Å². The molecule has 7 heteroatoms. The maximum absolute atomic E-state index is 11.2. The number of amides is 1. The number of aromatic nitrogens is 1. The molecule has 0 aromatic carbocycles. The number of thiazole rings is 1. The van der Waals surface area contributed by atoms with Gasteiger partial charge in [0.1, 0.15) is 0 Å². The Morgan fingerprint density at radius 3 is 2.44 bits per heavy atom. The minimum Gasteiger partial charge on any atom is -0.350 e. The summed E-state index contributed by atoms with van der Waals surface area (Å²) in [5.74, 6) is -0.129. The summed E-state index contributed by atoms with van der Waals surface area (Å²) in [6, 6.07) is -0.454. The topological polar surface area (TPSA) is 68.0 Å². The molecule has 0 saturated heterocycles. The van der Waals surface area contributed by atoms with E-state index in [1.807, 2.05) is 13.8 Å². The SMILES string of the molecule is Cc1nc(C)c(CNC(=O)[C@H](C)N)s1.Cl.Cl. The van der Waals surface area contributed by atoms with E-state index in [4.69, 9.17) is 5.73 Å². The van der Waals surface area contributed by atoms with Crippen molar-refractivity contribution < 1.29 is 4.79 Å². The molecule has 1 aromatic heterocycles. The Morgan fingerprint density at radius 1 is 1.50 bits per heavy atom. The first-order valence-corrected chi connectivity index (χ1v) is 5.28. The molecule has 0 spiro atoms. The summed E-state index contributed by atoms with van der Waals surface area (Å²) in [6.07, 6.45) is 0. The molecule has 1 aromatic rings. The number of rotatable bonds is 3. The van der Waals surface area contributed by atoms with Gasteiger partial charge in [0.25, 0.3) is 0 Å². The molecule has 3 N–H and O–H groups in total. The molecule has 0 aliphatic heterocycles. The van der Waals surface area contributed by atoms with Crippen LogP contribution in [0.4, 0.5) is 0 Å². The van der Waals surface area contributed by atoms with Gasteiger partial charge in [0, 0.05) is 4.88 Å². The van der Waals surface area contributed by atoms with Crippen molar-refractivity contribution in [3.8, 4) is 0 Å². The Balaban J connectivity index is 0. The molecule has 0 saturated carbocycles. The summed E-state index contributed by atoms with van der Waals surface area (Å²) in [5.41, 5.74) is 6.40. The van der Waals surface area contributed by atoms with Gasteiger partial charge in [-0.1, -0.05) is 0 Å². The molecule has 1 heterocycles. The Morgan fingerprint density at radius 2 is 2.06 bits per heavy atom. The zero-order chi connectivity index (χ0) is 10.7. The third-order valence-electron chi connectivity index (χ3n) is 1.84. The number of nitrogens with one attached hydrogen (secondary N) is 1. The molecular weight excluding hydrogens is 269 g/mol. The second-order valence-corrected chi connectivity index (χ2v) is 4.54. The van der Waals surface area contributed by atoms with Crippen LogP contribution < -0.4 is 11.1 Å². The largest absolute Gasteiger partial charge is 0.350 e. The predicted molar refractivity (Wildman–Crippen MR) is 71.6 cm³/mol. The molecule has 0 aliphatic rings. The summed E-state index contributed by atoms with van der Waals surface area (Å²) in [5, 5.41) is 3.78. The van der Waals surface area contributed by atoms with Gasteiger partial charge in [-0.2, -0.15) is 0 Å². The smallest absolute Gasteiger partial charge is 0.236 e. The fraction of sp³-hybridized carbons (Fsp3) is 0.556. The van der Waals surface area contributed by atoms with Gasteiger partial charge in [0.05, 0.1) is 23.3 Å². The molecule has 0 aliphatic carbocycles. The van der Waals surface area contributed by atoms with Crippen LogP contribution in [0, 0.1) is 13.8 Å². The van der Waals surface area contributed by atoms with E-state index in [0.717, 1.165) is 15.6 Å². The molecule has 0 unspecified atom stereocenters. The zero-order valence-electron chi connectivity index (χ0n) is 9.44. The van der Waals surface area contributed by atoms with Crippen molar-refractivity contribution in [3.63, 3.8) is 0 Å². The van der Waals surface area contributed by atoms with E-state index in [1.54, 1.807) is 18.3 Å². The summed E-state index contributed by atoms with van der Waals surface area (Å²) < 4.78 is 0. The van der Waals surface area contributed by atoms with Crippen molar-refractivity contribution in [2.45, 2.75) is 33.4 Å². The van der Waals surface area contributed by atoms with E-state index in [1.165, 1.54) is 0 Å². The minimum atomic E-state index is -0.454. The Labute approximate surface area is 112 Å². The summed E-state index contributed by atoms with van der Waals surface area (Å²) in [7, 11) is 0. The maximum Gasteiger partial charge on any atom is 0.236 e. The highest BCUT2D eigenvalue weighted by Crippen LogP contribution is 2.16. The normalized spacial score (nSPS) is 11.0. The summed E-state index contributed by atoms with van der Waals surface area (Å²) in [6.45, 7) is 6.09. The molecule has 0 radical (unpaired) electrons. The van der Waals surface area contributed by atoms with Gasteiger partial charge in [-0.05, 0) is 20.8 Å². The van der Waals surface area contributed by atoms with E-state index in [0.29, 0.717) is 6.54 Å². The number of hydrogen-bond acceptors (Lipinski definition) is 4. The number of hydrogen-bond donors (Lipinski definition) is 2. The van der Waals surface area contributed by atoms with Crippen molar-refractivity contribution in [1.82, 2.24) is 10.3 Å². The van der Waals surface area contributed by atoms with E-state index in [-0.39, 0.29) is 30.7 Å². The average Bonchev–Trinajstić information content (AvgIpc) is 2.40. The standard InChI is InChI=1S/C9H15N3OS.2ClH/c1-5(10)9(13)11-4-8-6(2)12-7(3)14-8;;/h5H,4,10H2,1-3H3,(H,11,13);2*1H/t5-;;/m0../s1. The average molecular weight is 286 g/mol. The molecule has 1 rings (SSSR count). The highest BCUT2D eigenvalue weighted by molar-refractivity contribution is 7.11. The first kappa shape index (κ1) is 18.0. The Bertz CT molecular complexity index is 341. The second kappa shape index (κ2) is 7.84. The first-order chi connectivity index (χ1) is 6.50. The van der Waals surface area contributed by atoms with Gasteiger partial charge in [-0.15, -0.1) is 36.2 Å². The highest BCUT2D eigenvalue weighted by atomic mass is 35.5. The Hall–Kier alpha value is -0.360. The van der Waals surface area contributed by atoms with E-state index in [9.17, 15) is 4.79 Å². The van der Waals surface area contributed by atoms with Crippen molar-refractivity contribution in [2.24, 2.45) is 5.73 Å². The van der Waals surface area contributed by atoms with Crippen LogP contribution in [0.1, 0.15) is 22.5 Å². The van der Waals surface area contributed by atoms with Crippen LogP contribution in [-0.4, -0.2) is 16.9 Å². The molecule has 1 amide bonds. The number of halogens is 2. The van der Waals surface area contributed by atoms with Crippen LogP contribution in [0.5, 0.6) is 0 Å². The van der Waals surface area contributed by atoms with Crippen molar-refractivity contribution in [1.29, 1.82) is 0 Å². The zero-order valence-corrected chi connectivity index (χ0v) is 11.9. The first-order valence-electron chi connectivity index (χ1n) is 4.47. The maximum atomic E-state index is 11.2. The van der Waals surface area contributed by atoms with Gasteiger partial charge < -0.3 is 11.1 Å². The molecule has 16 heavy (non-hydrogen) atoms. The molecule has 94 valence electrons. The molecule has 0 bridgehead atoms. The third-order valence-corrected chi connectivity index (χ3v) is 2.91. The molecular formula is C9H17Cl2N3OS. The lowest BCUT2D eigenvalue weighted by Crippen LogP contribution is -2.37. The van der Waals surface area contributed by atoms with Gasteiger partial charge >= 0.3 is 0 Å². The second-order valence-electron chi connectivity index (χ2n) is 3.25. The molecule has 4 nitrogen and oxygen atoms in total. The van der Waals surface area contributed by atoms with E-state index >= 15 is 0 Å². The van der Waals surface area contributed by atoms with Gasteiger partial charge in [-0.25, -0.2) is 4.98 Å². The number of aryl methyl sites for hydroxylation is 2. The minimum absolute atomic E-state index is 0.